The Bertz CT molecular complexity index is 729. The summed E-state index contributed by atoms with van der Waals surface area (Å²) in [5.74, 6) is 2.33. The molecular weight excluding hydrogens is 338 g/mol. The number of carbonyl (C=O) groups is 1. The lowest BCUT2D eigenvalue weighted by molar-refractivity contribution is -0.132. The van der Waals surface area contributed by atoms with Gasteiger partial charge in [0, 0.05) is 24.4 Å². The highest BCUT2D eigenvalue weighted by Crippen LogP contribution is 2.40. The Morgan fingerprint density at radius 3 is 2.48 bits per heavy atom. The van der Waals surface area contributed by atoms with Crippen molar-refractivity contribution in [2.24, 2.45) is 0 Å². The first-order valence-electron chi connectivity index (χ1n) is 8.02. The van der Waals surface area contributed by atoms with E-state index in [-0.39, 0.29) is 11.3 Å². The Balaban J connectivity index is 1.91. The molecule has 1 aliphatic rings. The summed E-state index contributed by atoms with van der Waals surface area (Å²) in [6.45, 7) is 2.33. The molecule has 0 radical (unpaired) electrons. The van der Waals surface area contributed by atoms with E-state index in [1.54, 1.807) is 38.4 Å². The number of rotatable bonds is 5. The van der Waals surface area contributed by atoms with E-state index >= 15 is 0 Å². The van der Waals surface area contributed by atoms with Gasteiger partial charge >= 0.3 is 0 Å². The predicted octanol–water partition coefficient (Wildman–Crippen LogP) is 2.97. The fraction of sp³-hybridized carbons (Fsp3) is 0.389. The number of benzene rings is 1. The third kappa shape index (κ3) is 4.04. The van der Waals surface area contributed by atoms with Crippen molar-refractivity contribution in [3.63, 3.8) is 0 Å². The first-order chi connectivity index (χ1) is 12.1. The molecule has 0 aliphatic carbocycles. The maximum atomic E-state index is 12.6. The van der Waals surface area contributed by atoms with Crippen LogP contribution in [-0.4, -0.2) is 40.7 Å². The van der Waals surface area contributed by atoms with Crippen LogP contribution in [0.3, 0.4) is 0 Å². The molecule has 132 valence electrons. The molecule has 2 aromatic rings. The number of ether oxygens (including phenoxy) is 2. The number of carbonyl (C=O) groups excluding carboxylic acids is 1. The largest absolute Gasteiger partial charge is 0.497 e. The number of hydrogen-bond donors (Lipinski definition) is 0. The Morgan fingerprint density at radius 2 is 1.88 bits per heavy atom. The maximum Gasteiger partial charge on any atom is 0.224 e. The summed E-state index contributed by atoms with van der Waals surface area (Å²) in [5, 5.41) is -0.103. The third-order valence-corrected chi connectivity index (χ3v) is 5.30. The maximum absolute atomic E-state index is 12.6. The number of amides is 1. The molecule has 3 rings (SSSR count). The molecule has 1 saturated heterocycles. The lowest BCUT2D eigenvalue weighted by atomic mass is 10.1. The van der Waals surface area contributed by atoms with Crippen molar-refractivity contribution in [2.45, 2.75) is 25.3 Å². The van der Waals surface area contributed by atoms with E-state index in [1.807, 2.05) is 30.0 Å². The Kier molecular flexibility index (Phi) is 5.43. The van der Waals surface area contributed by atoms with Crippen LogP contribution in [0.2, 0.25) is 0 Å². The van der Waals surface area contributed by atoms with Gasteiger partial charge < -0.3 is 14.4 Å². The van der Waals surface area contributed by atoms with Crippen molar-refractivity contribution in [3.05, 3.63) is 47.5 Å². The smallest absolute Gasteiger partial charge is 0.224 e. The zero-order valence-electron chi connectivity index (χ0n) is 14.6. The van der Waals surface area contributed by atoms with Crippen LogP contribution in [0, 0.1) is 6.92 Å². The van der Waals surface area contributed by atoms with Crippen molar-refractivity contribution < 1.29 is 14.3 Å². The zero-order valence-corrected chi connectivity index (χ0v) is 15.4. The topological polar surface area (TPSA) is 64.6 Å². The van der Waals surface area contributed by atoms with Gasteiger partial charge in [-0.15, -0.1) is 11.8 Å². The van der Waals surface area contributed by atoms with Crippen LogP contribution in [0.4, 0.5) is 0 Å². The molecule has 1 aliphatic heterocycles. The Hall–Kier alpha value is -2.28. The summed E-state index contributed by atoms with van der Waals surface area (Å²) >= 11 is 1.73. The monoisotopic (exact) mass is 359 g/mol. The van der Waals surface area contributed by atoms with Crippen LogP contribution >= 0.6 is 11.8 Å². The Morgan fingerprint density at radius 1 is 1.16 bits per heavy atom. The molecular formula is C18H21N3O3S. The molecule has 0 spiro atoms. The Labute approximate surface area is 151 Å². The van der Waals surface area contributed by atoms with Crippen molar-refractivity contribution in [2.75, 3.05) is 20.0 Å². The summed E-state index contributed by atoms with van der Waals surface area (Å²) in [5.41, 5.74) is 2.62. The van der Waals surface area contributed by atoms with E-state index in [4.69, 9.17) is 9.47 Å². The number of aryl methyl sites for hydroxylation is 1. The number of methoxy groups -OCH3 is 2. The van der Waals surface area contributed by atoms with Crippen LogP contribution in [-0.2, 0) is 11.3 Å². The minimum Gasteiger partial charge on any atom is -0.497 e. The summed E-state index contributed by atoms with van der Waals surface area (Å²) in [7, 11) is 3.24. The second-order valence-electron chi connectivity index (χ2n) is 5.79. The van der Waals surface area contributed by atoms with Gasteiger partial charge in [0.15, 0.2) is 0 Å². The van der Waals surface area contributed by atoms with Gasteiger partial charge in [-0.1, -0.05) is 0 Å². The van der Waals surface area contributed by atoms with Gasteiger partial charge in [0.05, 0.1) is 38.3 Å². The highest BCUT2D eigenvalue weighted by molar-refractivity contribution is 7.99. The third-order valence-electron chi connectivity index (χ3n) is 4.02. The molecule has 7 heteroatoms. The lowest BCUT2D eigenvalue weighted by Gasteiger charge is -2.35. The average Bonchev–Trinajstić information content (AvgIpc) is 2.64. The second-order valence-corrected chi connectivity index (χ2v) is 6.98. The number of thioether (sulfide) groups is 1. The second kappa shape index (κ2) is 7.74. The van der Waals surface area contributed by atoms with Crippen molar-refractivity contribution in [1.29, 1.82) is 0 Å². The van der Waals surface area contributed by atoms with E-state index in [0.29, 0.717) is 24.5 Å². The molecule has 1 aromatic carbocycles. The summed E-state index contributed by atoms with van der Waals surface area (Å²) in [6.07, 6.45) is 3.98. The summed E-state index contributed by atoms with van der Waals surface area (Å²) < 4.78 is 10.7. The fourth-order valence-electron chi connectivity index (χ4n) is 2.72. The molecule has 1 atom stereocenters. The summed E-state index contributed by atoms with van der Waals surface area (Å²) in [4.78, 5) is 23.1. The van der Waals surface area contributed by atoms with Gasteiger partial charge in [-0.3, -0.25) is 14.8 Å². The highest BCUT2D eigenvalue weighted by atomic mass is 32.2. The zero-order chi connectivity index (χ0) is 17.8. The van der Waals surface area contributed by atoms with E-state index in [0.717, 1.165) is 22.7 Å². The molecule has 1 aromatic heterocycles. The average molecular weight is 359 g/mol. The molecule has 0 saturated carbocycles. The normalized spacial score (nSPS) is 17.5. The molecule has 1 amide bonds. The van der Waals surface area contributed by atoms with E-state index in [2.05, 4.69) is 9.97 Å². The van der Waals surface area contributed by atoms with Gasteiger partial charge in [-0.2, -0.15) is 0 Å². The molecule has 6 nitrogen and oxygen atoms in total. The van der Waals surface area contributed by atoms with E-state index in [9.17, 15) is 4.79 Å². The van der Waals surface area contributed by atoms with Crippen LogP contribution < -0.4 is 9.47 Å². The standard InChI is InChI=1S/C18H21N3O3S/c1-12-9-20-14(10-19-12)11-21-17(22)4-5-25-18(21)13-6-15(23-2)8-16(7-13)24-3/h6-10,18H,4-5,11H2,1-3H3. The van der Waals surface area contributed by atoms with Crippen molar-refractivity contribution in [3.8, 4) is 11.5 Å². The van der Waals surface area contributed by atoms with Gasteiger partial charge in [0.1, 0.15) is 16.9 Å². The molecule has 1 unspecified atom stereocenters. The number of hydrogen-bond acceptors (Lipinski definition) is 6. The minimum atomic E-state index is -0.103. The first-order valence-corrected chi connectivity index (χ1v) is 9.07. The van der Waals surface area contributed by atoms with E-state index < -0.39 is 0 Å². The number of nitrogens with zero attached hydrogens (tertiary/aromatic N) is 3. The quantitative estimate of drug-likeness (QED) is 0.818. The first kappa shape index (κ1) is 17.5. The molecule has 2 heterocycles. The molecule has 0 N–H and O–H groups in total. The molecule has 25 heavy (non-hydrogen) atoms. The van der Waals surface area contributed by atoms with Crippen molar-refractivity contribution >= 4 is 17.7 Å². The molecule has 0 bridgehead atoms. The van der Waals surface area contributed by atoms with Crippen LogP contribution in [0.25, 0.3) is 0 Å². The lowest BCUT2D eigenvalue weighted by Crippen LogP contribution is -2.37. The van der Waals surface area contributed by atoms with Crippen LogP contribution in [0.5, 0.6) is 11.5 Å². The van der Waals surface area contributed by atoms with Crippen LogP contribution in [0.15, 0.2) is 30.6 Å². The fourth-order valence-corrected chi connectivity index (χ4v) is 3.93. The van der Waals surface area contributed by atoms with Gasteiger partial charge in [0.25, 0.3) is 0 Å². The molecule has 1 fully saturated rings. The highest BCUT2D eigenvalue weighted by Gasteiger charge is 2.31. The van der Waals surface area contributed by atoms with E-state index in [1.165, 1.54) is 0 Å². The van der Waals surface area contributed by atoms with Gasteiger partial charge in [-0.25, -0.2) is 0 Å². The van der Waals surface area contributed by atoms with Gasteiger partial charge in [0.2, 0.25) is 5.91 Å². The predicted molar refractivity (Wildman–Crippen MR) is 96.7 cm³/mol. The minimum absolute atomic E-state index is 0.103. The van der Waals surface area contributed by atoms with Gasteiger partial charge in [-0.05, 0) is 24.6 Å². The SMILES string of the molecule is COc1cc(OC)cc(C2SCCC(=O)N2Cc2cnc(C)cn2)c1. The number of aromatic nitrogens is 2. The summed E-state index contributed by atoms with van der Waals surface area (Å²) in [6, 6.07) is 5.73. The van der Waals surface area contributed by atoms with Crippen LogP contribution in [0.1, 0.15) is 28.7 Å². The van der Waals surface area contributed by atoms with Crippen molar-refractivity contribution in [1.82, 2.24) is 14.9 Å².